The zero-order valence-corrected chi connectivity index (χ0v) is 16.3. The summed E-state index contributed by atoms with van der Waals surface area (Å²) in [6.45, 7) is 2.21. The van der Waals surface area contributed by atoms with Gasteiger partial charge in [0.05, 0.1) is 4.90 Å². The lowest BCUT2D eigenvalue weighted by Gasteiger charge is -2.32. The second kappa shape index (κ2) is 8.67. The van der Waals surface area contributed by atoms with E-state index in [-0.39, 0.29) is 0 Å². The third-order valence-corrected chi connectivity index (χ3v) is 6.40. The number of hydrogen-bond donors (Lipinski definition) is 0. The van der Waals surface area contributed by atoms with Gasteiger partial charge < -0.3 is 4.90 Å². The molecule has 140 valence electrons. The van der Waals surface area contributed by atoms with Crippen molar-refractivity contribution in [3.8, 4) is 0 Å². The number of aryl methyl sites for hydroxylation is 1. The monoisotopic (exact) mass is 372 g/mol. The van der Waals surface area contributed by atoms with Crippen molar-refractivity contribution < 1.29 is 8.42 Å². The van der Waals surface area contributed by atoms with E-state index in [0.29, 0.717) is 4.90 Å². The molecule has 2 aromatic rings. The van der Waals surface area contributed by atoms with Crippen molar-refractivity contribution in [2.75, 3.05) is 24.2 Å². The number of aromatic nitrogens is 1. The first kappa shape index (κ1) is 18.9. The molecule has 0 amide bonds. The minimum atomic E-state index is -3.09. The van der Waals surface area contributed by atoms with E-state index < -0.39 is 9.84 Å². The molecule has 1 fully saturated rings. The summed E-state index contributed by atoms with van der Waals surface area (Å²) in [5, 5.41) is 0. The van der Waals surface area contributed by atoms with Crippen molar-refractivity contribution >= 4 is 15.7 Å². The lowest BCUT2D eigenvalue weighted by Crippen LogP contribution is -2.34. The second-order valence-electron chi connectivity index (χ2n) is 7.28. The van der Waals surface area contributed by atoms with Crippen LogP contribution in [0.3, 0.4) is 0 Å². The highest BCUT2D eigenvalue weighted by atomic mass is 32.2. The fraction of sp³-hybridized carbons (Fsp3) is 0.476. The van der Waals surface area contributed by atoms with E-state index in [1.54, 1.807) is 12.1 Å². The highest BCUT2D eigenvalue weighted by Crippen LogP contribution is 2.25. The smallest absolute Gasteiger partial charge is 0.175 e. The molecule has 0 aliphatic carbocycles. The van der Waals surface area contributed by atoms with Crippen LogP contribution in [0.4, 0.5) is 5.82 Å². The molecule has 0 N–H and O–H groups in total. The number of anilines is 1. The number of sulfone groups is 1. The van der Waals surface area contributed by atoms with Gasteiger partial charge in [-0.05, 0) is 61.4 Å². The first-order valence-corrected chi connectivity index (χ1v) is 11.4. The Morgan fingerprint density at radius 2 is 1.77 bits per heavy atom. The summed E-state index contributed by atoms with van der Waals surface area (Å²) in [7, 11) is -3.09. The number of piperidine rings is 1. The van der Waals surface area contributed by atoms with E-state index in [1.807, 2.05) is 24.4 Å². The predicted octanol–water partition coefficient (Wildman–Crippen LogP) is 4.11. The van der Waals surface area contributed by atoms with E-state index in [4.69, 9.17) is 0 Å². The van der Waals surface area contributed by atoms with Crippen LogP contribution in [-0.4, -0.2) is 32.7 Å². The van der Waals surface area contributed by atoms with Crippen molar-refractivity contribution in [3.63, 3.8) is 0 Å². The van der Waals surface area contributed by atoms with Crippen LogP contribution in [0.25, 0.3) is 0 Å². The van der Waals surface area contributed by atoms with Crippen LogP contribution in [0, 0.1) is 5.92 Å². The molecule has 0 saturated carbocycles. The fourth-order valence-corrected chi connectivity index (χ4v) is 4.29. The fourth-order valence-electron chi connectivity index (χ4n) is 3.66. The van der Waals surface area contributed by atoms with Gasteiger partial charge in [0, 0.05) is 25.5 Å². The van der Waals surface area contributed by atoms with Gasteiger partial charge in [-0.2, -0.15) is 0 Å². The Bertz CT molecular complexity index is 781. The molecule has 2 heterocycles. The molecule has 0 atom stereocenters. The molecule has 5 heteroatoms. The largest absolute Gasteiger partial charge is 0.357 e. The van der Waals surface area contributed by atoms with Crippen molar-refractivity contribution in [1.29, 1.82) is 0 Å². The minimum Gasteiger partial charge on any atom is -0.357 e. The van der Waals surface area contributed by atoms with Crippen LogP contribution < -0.4 is 4.90 Å². The second-order valence-corrected chi connectivity index (χ2v) is 9.30. The maximum Gasteiger partial charge on any atom is 0.175 e. The third kappa shape index (κ3) is 5.31. The van der Waals surface area contributed by atoms with Crippen molar-refractivity contribution in [2.24, 2.45) is 5.92 Å². The van der Waals surface area contributed by atoms with Gasteiger partial charge in [0.1, 0.15) is 5.82 Å². The third-order valence-electron chi connectivity index (χ3n) is 5.27. The first-order chi connectivity index (χ1) is 12.5. The minimum absolute atomic E-state index is 0.404. The summed E-state index contributed by atoms with van der Waals surface area (Å²) < 4.78 is 23.0. The summed E-state index contributed by atoms with van der Waals surface area (Å²) in [6.07, 6.45) is 10.3. The molecule has 3 rings (SSSR count). The first-order valence-electron chi connectivity index (χ1n) is 9.47. The highest BCUT2D eigenvalue weighted by Gasteiger charge is 2.19. The molecule has 0 spiro atoms. The van der Waals surface area contributed by atoms with E-state index >= 15 is 0 Å². The summed E-state index contributed by atoms with van der Waals surface area (Å²) in [5.41, 5.74) is 1.22. The number of rotatable bonds is 7. The Morgan fingerprint density at radius 3 is 2.38 bits per heavy atom. The molecular formula is C21H28N2O2S. The quantitative estimate of drug-likeness (QED) is 0.686. The lowest BCUT2D eigenvalue weighted by atomic mass is 9.91. The highest BCUT2D eigenvalue weighted by molar-refractivity contribution is 7.90. The van der Waals surface area contributed by atoms with E-state index in [1.165, 1.54) is 43.9 Å². The van der Waals surface area contributed by atoms with Gasteiger partial charge in [0.15, 0.2) is 9.84 Å². The SMILES string of the molecule is CS(=O)(=O)c1ccc(CCCCC2CCN(c3ccccn3)CC2)cc1. The topological polar surface area (TPSA) is 50.3 Å². The van der Waals surface area contributed by atoms with Crippen LogP contribution in [0.15, 0.2) is 53.6 Å². The molecule has 26 heavy (non-hydrogen) atoms. The Morgan fingerprint density at radius 1 is 1.04 bits per heavy atom. The number of pyridine rings is 1. The molecule has 1 aromatic carbocycles. The van der Waals surface area contributed by atoms with Crippen molar-refractivity contribution in [2.45, 2.75) is 43.4 Å². The van der Waals surface area contributed by atoms with Crippen LogP contribution in [0.2, 0.25) is 0 Å². The van der Waals surface area contributed by atoms with Crippen LogP contribution in [0.5, 0.6) is 0 Å². The summed E-state index contributed by atoms with van der Waals surface area (Å²) in [6, 6.07) is 13.4. The van der Waals surface area contributed by atoms with Gasteiger partial charge in [-0.1, -0.05) is 31.0 Å². The Labute approximate surface area is 157 Å². The lowest BCUT2D eigenvalue weighted by molar-refractivity contribution is 0.368. The van der Waals surface area contributed by atoms with E-state index in [9.17, 15) is 8.42 Å². The van der Waals surface area contributed by atoms with Crippen LogP contribution in [-0.2, 0) is 16.3 Å². The maximum atomic E-state index is 11.5. The van der Waals surface area contributed by atoms with Gasteiger partial charge in [0.25, 0.3) is 0 Å². The number of benzene rings is 1. The number of unbranched alkanes of at least 4 members (excludes halogenated alkanes) is 1. The molecule has 4 nitrogen and oxygen atoms in total. The van der Waals surface area contributed by atoms with Crippen LogP contribution >= 0.6 is 0 Å². The molecular weight excluding hydrogens is 344 g/mol. The Balaban J connectivity index is 1.36. The molecule has 1 aliphatic rings. The molecule has 0 bridgehead atoms. The normalized spacial score (nSPS) is 16.0. The van der Waals surface area contributed by atoms with Gasteiger partial charge in [-0.3, -0.25) is 0 Å². The molecule has 1 saturated heterocycles. The van der Waals surface area contributed by atoms with Gasteiger partial charge in [-0.25, -0.2) is 13.4 Å². The maximum absolute atomic E-state index is 11.5. The standard InChI is InChI=1S/C21H28N2O2S/c1-26(24,25)20-11-9-18(10-12-20)6-2-3-7-19-13-16-23(17-14-19)21-8-4-5-15-22-21/h4-5,8-12,15,19H,2-3,6-7,13-14,16-17H2,1H3. The van der Waals surface area contributed by atoms with Gasteiger partial charge >= 0.3 is 0 Å². The zero-order valence-electron chi connectivity index (χ0n) is 15.5. The van der Waals surface area contributed by atoms with Crippen molar-refractivity contribution in [3.05, 3.63) is 54.2 Å². The molecule has 0 unspecified atom stereocenters. The van der Waals surface area contributed by atoms with Crippen molar-refractivity contribution in [1.82, 2.24) is 4.98 Å². The average Bonchev–Trinajstić information content (AvgIpc) is 2.66. The van der Waals surface area contributed by atoms with Gasteiger partial charge in [-0.15, -0.1) is 0 Å². The van der Waals surface area contributed by atoms with E-state index in [2.05, 4.69) is 22.0 Å². The summed E-state index contributed by atoms with van der Waals surface area (Å²) in [5.74, 6) is 1.92. The zero-order chi connectivity index (χ0) is 18.4. The average molecular weight is 373 g/mol. The number of hydrogen-bond acceptors (Lipinski definition) is 4. The predicted molar refractivity (Wildman–Crippen MR) is 106 cm³/mol. The Kier molecular flexibility index (Phi) is 6.30. The summed E-state index contributed by atoms with van der Waals surface area (Å²) in [4.78, 5) is 7.24. The van der Waals surface area contributed by atoms with Gasteiger partial charge in [0.2, 0.25) is 0 Å². The Hall–Kier alpha value is -1.88. The molecule has 1 aromatic heterocycles. The number of nitrogens with zero attached hydrogens (tertiary/aromatic N) is 2. The van der Waals surface area contributed by atoms with Crippen LogP contribution in [0.1, 0.15) is 37.7 Å². The summed E-state index contributed by atoms with van der Waals surface area (Å²) >= 11 is 0. The van der Waals surface area contributed by atoms with E-state index in [0.717, 1.165) is 31.2 Å². The molecule has 1 aliphatic heterocycles. The molecule has 0 radical (unpaired) electrons.